The molecule has 1 aromatic rings. The topological polar surface area (TPSA) is 90.5 Å². The van der Waals surface area contributed by atoms with Crippen LogP contribution in [0.25, 0.3) is 0 Å². The van der Waals surface area contributed by atoms with E-state index in [-0.39, 0.29) is 24.9 Å². The number of hydrogen-bond donors (Lipinski definition) is 3. The maximum atomic E-state index is 12.2. The molecule has 3 rings (SSSR count). The minimum absolute atomic E-state index is 0.0929. The van der Waals surface area contributed by atoms with E-state index < -0.39 is 11.6 Å². The maximum absolute atomic E-state index is 12.2. The van der Waals surface area contributed by atoms with Gasteiger partial charge in [-0.25, -0.2) is 4.79 Å². The molecule has 0 aliphatic carbocycles. The maximum Gasteiger partial charge on any atom is 0.322 e. The first-order valence-electron chi connectivity index (χ1n) is 6.79. The summed E-state index contributed by atoms with van der Waals surface area (Å²) >= 11 is 0. The molecule has 21 heavy (non-hydrogen) atoms. The molecule has 2 fully saturated rings. The molecule has 0 aromatic heterocycles. The fourth-order valence-electron chi connectivity index (χ4n) is 2.68. The van der Waals surface area contributed by atoms with E-state index in [0.29, 0.717) is 13.0 Å². The van der Waals surface area contributed by atoms with Crippen molar-refractivity contribution in [2.75, 3.05) is 25.0 Å². The van der Waals surface area contributed by atoms with Gasteiger partial charge in [-0.1, -0.05) is 18.2 Å². The Hall–Kier alpha value is -2.57. The first kappa shape index (κ1) is 13.4. The van der Waals surface area contributed by atoms with Crippen molar-refractivity contribution in [3.05, 3.63) is 30.3 Å². The SMILES string of the molecule is O=C1NC(=O)C2(CCN(C(=O)CNc3ccccc3)C2)N1. The molecule has 1 unspecified atom stereocenters. The number of likely N-dealkylation sites (tertiary alicyclic amines) is 1. The number of para-hydroxylation sites is 1. The molecule has 2 aliphatic rings. The zero-order valence-corrected chi connectivity index (χ0v) is 11.4. The molecule has 0 radical (unpaired) electrons. The molecule has 7 nitrogen and oxygen atoms in total. The second kappa shape index (κ2) is 5.08. The summed E-state index contributed by atoms with van der Waals surface area (Å²) in [5.41, 5.74) is -0.0777. The molecule has 7 heteroatoms. The first-order chi connectivity index (χ1) is 10.1. The molecule has 0 saturated carbocycles. The summed E-state index contributed by atoms with van der Waals surface area (Å²) in [6.07, 6.45) is 0.446. The number of urea groups is 1. The molecular weight excluding hydrogens is 272 g/mol. The number of carbonyl (C=O) groups is 3. The van der Waals surface area contributed by atoms with Crippen LogP contribution in [0.2, 0.25) is 0 Å². The summed E-state index contributed by atoms with van der Waals surface area (Å²) < 4.78 is 0. The average molecular weight is 288 g/mol. The number of benzene rings is 1. The Kier molecular flexibility index (Phi) is 3.25. The summed E-state index contributed by atoms with van der Waals surface area (Å²) in [6, 6.07) is 8.94. The number of imide groups is 1. The summed E-state index contributed by atoms with van der Waals surface area (Å²) in [7, 11) is 0. The van der Waals surface area contributed by atoms with Crippen LogP contribution in [0.4, 0.5) is 10.5 Å². The van der Waals surface area contributed by atoms with Gasteiger partial charge in [-0.3, -0.25) is 14.9 Å². The largest absolute Gasteiger partial charge is 0.376 e. The van der Waals surface area contributed by atoms with Crippen LogP contribution in [0.15, 0.2) is 30.3 Å². The van der Waals surface area contributed by atoms with E-state index in [9.17, 15) is 14.4 Å². The monoisotopic (exact) mass is 288 g/mol. The van der Waals surface area contributed by atoms with Gasteiger partial charge in [0.05, 0.1) is 13.1 Å². The van der Waals surface area contributed by atoms with E-state index in [1.165, 1.54) is 0 Å². The van der Waals surface area contributed by atoms with E-state index in [2.05, 4.69) is 16.0 Å². The molecule has 4 amide bonds. The predicted molar refractivity (Wildman–Crippen MR) is 75.5 cm³/mol. The van der Waals surface area contributed by atoms with Gasteiger partial charge in [0.25, 0.3) is 5.91 Å². The van der Waals surface area contributed by atoms with Gasteiger partial charge < -0.3 is 15.5 Å². The zero-order valence-electron chi connectivity index (χ0n) is 11.4. The van der Waals surface area contributed by atoms with E-state index in [1.54, 1.807) is 4.90 Å². The number of amides is 4. The van der Waals surface area contributed by atoms with Crippen molar-refractivity contribution in [2.45, 2.75) is 12.0 Å². The highest BCUT2D eigenvalue weighted by molar-refractivity contribution is 6.07. The van der Waals surface area contributed by atoms with Crippen molar-refractivity contribution in [2.24, 2.45) is 0 Å². The van der Waals surface area contributed by atoms with Gasteiger partial charge in [0.15, 0.2) is 0 Å². The molecule has 110 valence electrons. The van der Waals surface area contributed by atoms with Crippen molar-refractivity contribution in [3.63, 3.8) is 0 Å². The molecule has 1 atom stereocenters. The highest BCUT2D eigenvalue weighted by Gasteiger charge is 2.51. The molecule has 2 aliphatic heterocycles. The standard InChI is InChI=1S/C14H16N4O3/c19-11(8-15-10-4-2-1-3-5-10)18-7-6-14(9-18)12(20)16-13(21)17-14/h1-5,15H,6-9H2,(H2,16,17,20,21). The average Bonchev–Trinajstić information content (AvgIpc) is 3.02. The number of rotatable bonds is 3. The fourth-order valence-corrected chi connectivity index (χ4v) is 2.68. The quantitative estimate of drug-likeness (QED) is 0.678. The molecular formula is C14H16N4O3. The number of carbonyl (C=O) groups excluding carboxylic acids is 3. The van der Waals surface area contributed by atoms with Crippen LogP contribution in [-0.4, -0.2) is 47.9 Å². The second-order valence-electron chi connectivity index (χ2n) is 5.28. The van der Waals surface area contributed by atoms with Gasteiger partial charge in [-0.05, 0) is 18.6 Å². The Bertz CT molecular complexity index is 589. The van der Waals surface area contributed by atoms with Crippen molar-refractivity contribution in [3.8, 4) is 0 Å². The van der Waals surface area contributed by atoms with Crippen molar-refractivity contribution < 1.29 is 14.4 Å². The van der Waals surface area contributed by atoms with Crippen LogP contribution in [0.5, 0.6) is 0 Å². The number of nitrogens with one attached hydrogen (secondary N) is 3. The van der Waals surface area contributed by atoms with E-state index >= 15 is 0 Å². The van der Waals surface area contributed by atoms with Gasteiger partial charge in [-0.15, -0.1) is 0 Å². The van der Waals surface area contributed by atoms with Gasteiger partial charge in [0.2, 0.25) is 5.91 Å². The highest BCUT2D eigenvalue weighted by atomic mass is 16.2. The minimum atomic E-state index is -0.945. The smallest absolute Gasteiger partial charge is 0.322 e. The van der Waals surface area contributed by atoms with Crippen LogP contribution in [0.3, 0.4) is 0 Å². The van der Waals surface area contributed by atoms with Gasteiger partial charge in [-0.2, -0.15) is 0 Å². The van der Waals surface area contributed by atoms with Crippen molar-refractivity contribution in [1.82, 2.24) is 15.5 Å². The molecule has 2 saturated heterocycles. The lowest BCUT2D eigenvalue weighted by Gasteiger charge is -2.21. The molecule has 0 bridgehead atoms. The predicted octanol–water partition coefficient (Wildman–Crippen LogP) is -0.0910. The number of hydrogen-bond acceptors (Lipinski definition) is 4. The second-order valence-corrected chi connectivity index (χ2v) is 5.28. The van der Waals surface area contributed by atoms with Crippen LogP contribution < -0.4 is 16.0 Å². The fraction of sp³-hybridized carbons (Fsp3) is 0.357. The summed E-state index contributed by atoms with van der Waals surface area (Å²) in [5.74, 6) is -0.441. The Morgan fingerprint density at radius 2 is 2.05 bits per heavy atom. The summed E-state index contributed by atoms with van der Waals surface area (Å²) in [4.78, 5) is 36.8. The Morgan fingerprint density at radius 3 is 2.71 bits per heavy atom. The molecule has 2 heterocycles. The normalized spacial score (nSPS) is 24.1. The van der Waals surface area contributed by atoms with E-state index in [1.807, 2.05) is 30.3 Å². The number of anilines is 1. The van der Waals surface area contributed by atoms with E-state index in [0.717, 1.165) is 5.69 Å². The third-order valence-corrected chi connectivity index (χ3v) is 3.85. The van der Waals surface area contributed by atoms with E-state index in [4.69, 9.17) is 0 Å². The Balaban J connectivity index is 1.58. The highest BCUT2D eigenvalue weighted by Crippen LogP contribution is 2.24. The third kappa shape index (κ3) is 2.54. The molecule has 1 spiro atoms. The van der Waals surface area contributed by atoms with Crippen LogP contribution in [-0.2, 0) is 9.59 Å². The summed E-state index contributed by atoms with van der Waals surface area (Å²) in [5, 5.41) is 7.89. The lowest BCUT2D eigenvalue weighted by atomic mass is 10.00. The van der Waals surface area contributed by atoms with Crippen LogP contribution >= 0.6 is 0 Å². The van der Waals surface area contributed by atoms with Crippen molar-refractivity contribution >= 4 is 23.5 Å². The van der Waals surface area contributed by atoms with Crippen LogP contribution in [0.1, 0.15) is 6.42 Å². The van der Waals surface area contributed by atoms with Crippen LogP contribution in [0, 0.1) is 0 Å². The minimum Gasteiger partial charge on any atom is -0.376 e. The third-order valence-electron chi connectivity index (χ3n) is 3.85. The zero-order chi connectivity index (χ0) is 14.9. The van der Waals surface area contributed by atoms with Crippen molar-refractivity contribution in [1.29, 1.82) is 0 Å². The Labute approximate surface area is 121 Å². The van der Waals surface area contributed by atoms with Gasteiger partial charge >= 0.3 is 6.03 Å². The summed E-state index contributed by atoms with van der Waals surface area (Å²) in [6.45, 7) is 0.846. The van der Waals surface area contributed by atoms with Gasteiger partial charge in [0, 0.05) is 12.2 Å². The Morgan fingerprint density at radius 1 is 1.29 bits per heavy atom. The molecule has 3 N–H and O–H groups in total. The molecule has 1 aromatic carbocycles. The number of nitrogens with zero attached hydrogens (tertiary/aromatic N) is 1. The lowest BCUT2D eigenvalue weighted by Crippen LogP contribution is -2.50. The first-order valence-corrected chi connectivity index (χ1v) is 6.79. The van der Waals surface area contributed by atoms with Gasteiger partial charge in [0.1, 0.15) is 5.54 Å². The lowest BCUT2D eigenvalue weighted by molar-refractivity contribution is -0.129.